The second-order valence-corrected chi connectivity index (χ2v) is 7.27. The Balaban J connectivity index is 1.58. The van der Waals surface area contributed by atoms with Crippen LogP contribution in [-0.4, -0.2) is 44.6 Å². The van der Waals surface area contributed by atoms with E-state index in [1.165, 1.54) is 13.4 Å². The van der Waals surface area contributed by atoms with Gasteiger partial charge in [-0.15, -0.1) is 0 Å². The molecule has 0 bridgehead atoms. The number of fused-ring (bicyclic) bond motifs is 1. The Labute approximate surface area is 180 Å². The number of amides is 2. The van der Waals surface area contributed by atoms with Crippen LogP contribution in [0, 0.1) is 13.8 Å². The van der Waals surface area contributed by atoms with E-state index in [1.807, 2.05) is 27.7 Å². The molecule has 2 heterocycles. The van der Waals surface area contributed by atoms with Crippen molar-refractivity contribution in [1.82, 2.24) is 30.4 Å². The number of hydrogen-bond acceptors (Lipinski definition) is 7. The Morgan fingerprint density at radius 3 is 2.65 bits per heavy atom. The lowest BCUT2D eigenvalue weighted by Crippen LogP contribution is -2.41. The number of nitrogens with one attached hydrogen (secondary N) is 2. The van der Waals surface area contributed by atoms with Crippen molar-refractivity contribution in [3.05, 3.63) is 47.0 Å². The predicted octanol–water partition coefficient (Wildman–Crippen LogP) is 1.93. The molecule has 0 aliphatic carbocycles. The van der Waals surface area contributed by atoms with Gasteiger partial charge in [-0.25, -0.2) is 9.50 Å². The Morgan fingerprint density at radius 1 is 1.16 bits per heavy atom. The van der Waals surface area contributed by atoms with Gasteiger partial charge < -0.3 is 9.47 Å². The molecule has 10 heteroatoms. The lowest BCUT2D eigenvalue weighted by Gasteiger charge is -2.14. The molecule has 0 saturated heterocycles. The van der Waals surface area contributed by atoms with Crippen molar-refractivity contribution in [2.24, 2.45) is 0 Å². The molecule has 2 aromatic heterocycles. The molecule has 0 aliphatic heterocycles. The molecule has 1 aromatic carbocycles. The van der Waals surface area contributed by atoms with E-state index in [1.54, 1.807) is 22.7 Å². The average Bonchev–Trinajstić information content (AvgIpc) is 3.20. The van der Waals surface area contributed by atoms with Crippen LogP contribution in [0.15, 0.2) is 24.5 Å². The summed E-state index contributed by atoms with van der Waals surface area (Å²) >= 11 is 0. The monoisotopic (exact) mass is 426 g/mol. The van der Waals surface area contributed by atoms with Crippen LogP contribution in [0.2, 0.25) is 0 Å². The normalized spacial score (nSPS) is 10.9. The number of methoxy groups -OCH3 is 1. The molecule has 0 atom stereocenters. The summed E-state index contributed by atoms with van der Waals surface area (Å²) < 4.78 is 12.6. The van der Waals surface area contributed by atoms with E-state index in [4.69, 9.17) is 9.47 Å². The van der Waals surface area contributed by atoms with Gasteiger partial charge in [-0.3, -0.25) is 20.4 Å². The van der Waals surface area contributed by atoms with Crippen LogP contribution in [0.1, 0.15) is 47.6 Å². The molecule has 2 N–H and O–H groups in total. The zero-order chi connectivity index (χ0) is 22.5. The van der Waals surface area contributed by atoms with E-state index in [-0.39, 0.29) is 18.4 Å². The van der Waals surface area contributed by atoms with Crippen molar-refractivity contribution in [3.63, 3.8) is 0 Å². The third kappa shape index (κ3) is 5.08. The molecule has 3 aromatic rings. The number of aromatic nitrogens is 4. The molecule has 0 radical (unpaired) electrons. The standard InChI is InChI=1S/C21H26N6O4/c1-12(2)31-17-8-6-15(10-18(17)30-5)20(29)26-25-19(28)9-7-16-13(3)24-21-22-11-23-27(21)14(16)4/h6,8,10-12H,7,9H2,1-5H3,(H,25,28)(H,26,29). The van der Waals surface area contributed by atoms with Crippen LogP contribution in [0.25, 0.3) is 5.78 Å². The second kappa shape index (κ2) is 9.41. The lowest BCUT2D eigenvalue weighted by atomic mass is 10.1. The van der Waals surface area contributed by atoms with Gasteiger partial charge in [-0.1, -0.05) is 0 Å². The van der Waals surface area contributed by atoms with Gasteiger partial charge in [0.2, 0.25) is 5.91 Å². The quantitative estimate of drug-likeness (QED) is 0.554. The smallest absolute Gasteiger partial charge is 0.269 e. The number of nitrogens with zero attached hydrogens (tertiary/aromatic N) is 4. The van der Waals surface area contributed by atoms with Crippen molar-refractivity contribution in [3.8, 4) is 11.5 Å². The largest absolute Gasteiger partial charge is 0.493 e. The lowest BCUT2D eigenvalue weighted by molar-refractivity contribution is -0.121. The van der Waals surface area contributed by atoms with Gasteiger partial charge in [0.15, 0.2) is 11.5 Å². The van der Waals surface area contributed by atoms with E-state index >= 15 is 0 Å². The maximum absolute atomic E-state index is 12.4. The van der Waals surface area contributed by atoms with Crippen molar-refractivity contribution in [2.45, 2.75) is 46.6 Å². The van der Waals surface area contributed by atoms with Crippen LogP contribution in [0.3, 0.4) is 0 Å². The summed E-state index contributed by atoms with van der Waals surface area (Å²) in [5, 5.41) is 4.14. The van der Waals surface area contributed by atoms with E-state index in [0.29, 0.717) is 29.3 Å². The fourth-order valence-corrected chi connectivity index (χ4v) is 3.18. The predicted molar refractivity (Wildman–Crippen MR) is 113 cm³/mol. The topological polar surface area (TPSA) is 120 Å². The first-order valence-electron chi connectivity index (χ1n) is 9.89. The number of rotatable bonds is 7. The van der Waals surface area contributed by atoms with Gasteiger partial charge in [0, 0.05) is 23.4 Å². The minimum absolute atomic E-state index is 0.0272. The Hall–Kier alpha value is -3.69. The Bertz CT molecular complexity index is 1110. The summed E-state index contributed by atoms with van der Waals surface area (Å²) in [7, 11) is 1.50. The number of aryl methyl sites for hydroxylation is 2. The van der Waals surface area contributed by atoms with Gasteiger partial charge in [-0.05, 0) is 57.9 Å². The maximum atomic E-state index is 12.4. The van der Waals surface area contributed by atoms with E-state index in [0.717, 1.165) is 17.0 Å². The molecule has 0 aliphatic rings. The maximum Gasteiger partial charge on any atom is 0.269 e. The molecular weight excluding hydrogens is 400 g/mol. The van der Waals surface area contributed by atoms with Crippen LogP contribution in [0.5, 0.6) is 11.5 Å². The first-order valence-corrected chi connectivity index (χ1v) is 9.89. The third-order valence-electron chi connectivity index (χ3n) is 4.69. The van der Waals surface area contributed by atoms with E-state index < -0.39 is 5.91 Å². The highest BCUT2D eigenvalue weighted by Crippen LogP contribution is 2.28. The van der Waals surface area contributed by atoms with Crippen LogP contribution < -0.4 is 20.3 Å². The summed E-state index contributed by atoms with van der Waals surface area (Å²) in [4.78, 5) is 33.1. The molecule has 0 fully saturated rings. The van der Waals surface area contributed by atoms with Gasteiger partial charge in [-0.2, -0.15) is 10.1 Å². The zero-order valence-corrected chi connectivity index (χ0v) is 18.2. The highest BCUT2D eigenvalue weighted by molar-refractivity contribution is 5.96. The SMILES string of the molecule is COc1cc(C(=O)NNC(=O)CCc2c(C)nc3ncnn3c2C)ccc1OC(C)C. The zero-order valence-electron chi connectivity index (χ0n) is 18.2. The van der Waals surface area contributed by atoms with Crippen molar-refractivity contribution < 1.29 is 19.1 Å². The van der Waals surface area contributed by atoms with Crippen LogP contribution in [-0.2, 0) is 11.2 Å². The number of carbonyl (C=O) groups excluding carboxylic acids is 2. The molecule has 31 heavy (non-hydrogen) atoms. The molecule has 164 valence electrons. The molecule has 2 amide bonds. The molecule has 3 rings (SSSR count). The summed E-state index contributed by atoms with van der Waals surface area (Å²) in [6.07, 6.45) is 2.05. The van der Waals surface area contributed by atoms with E-state index in [2.05, 4.69) is 25.9 Å². The number of benzene rings is 1. The summed E-state index contributed by atoms with van der Waals surface area (Å²) in [6.45, 7) is 7.58. The third-order valence-corrected chi connectivity index (χ3v) is 4.69. The first kappa shape index (κ1) is 22.0. The van der Waals surface area contributed by atoms with Gasteiger partial charge in [0.1, 0.15) is 6.33 Å². The highest BCUT2D eigenvalue weighted by Gasteiger charge is 2.15. The Morgan fingerprint density at radius 2 is 1.94 bits per heavy atom. The second-order valence-electron chi connectivity index (χ2n) is 7.27. The van der Waals surface area contributed by atoms with Gasteiger partial charge in [0.05, 0.1) is 13.2 Å². The Kier molecular flexibility index (Phi) is 6.68. The summed E-state index contributed by atoms with van der Waals surface area (Å²) in [5.74, 6) is 0.727. The number of carbonyl (C=O) groups is 2. The van der Waals surface area contributed by atoms with Gasteiger partial charge in [0.25, 0.3) is 11.7 Å². The van der Waals surface area contributed by atoms with Crippen molar-refractivity contribution >= 4 is 17.6 Å². The number of ether oxygens (including phenoxy) is 2. The minimum Gasteiger partial charge on any atom is -0.493 e. The highest BCUT2D eigenvalue weighted by atomic mass is 16.5. The van der Waals surface area contributed by atoms with E-state index in [9.17, 15) is 9.59 Å². The molecule has 10 nitrogen and oxygen atoms in total. The number of hydrogen-bond donors (Lipinski definition) is 2. The van der Waals surface area contributed by atoms with Crippen molar-refractivity contribution in [1.29, 1.82) is 0 Å². The summed E-state index contributed by atoms with van der Waals surface area (Å²) in [5.41, 5.74) is 7.80. The molecule has 0 saturated carbocycles. The van der Waals surface area contributed by atoms with Crippen LogP contribution in [0.4, 0.5) is 0 Å². The summed E-state index contributed by atoms with van der Waals surface area (Å²) in [6, 6.07) is 4.83. The van der Waals surface area contributed by atoms with Gasteiger partial charge >= 0.3 is 0 Å². The first-order chi connectivity index (χ1) is 14.8. The molecule has 0 spiro atoms. The molecular formula is C21H26N6O4. The fraction of sp³-hybridized carbons (Fsp3) is 0.381. The van der Waals surface area contributed by atoms with Crippen molar-refractivity contribution in [2.75, 3.05) is 7.11 Å². The molecule has 0 unspecified atom stereocenters. The fourth-order valence-electron chi connectivity index (χ4n) is 3.18. The van der Waals surface area contributed by atoms with Crippen LogP contribution >= 0.6 is 0 Å². The number of hydrazine groups is 1. The average molecular weight is 426 g/mol. The minimum atomic E-state index is -0.458.